The Labute approximate surface area is 213 Å². The molecule has 0 saturated heterocycles. The van der Waals surface area contributed by atoms with Crippen molar-refractivity contribution in [2.45, 2.75) is 19.1 Å². The van der Waals surface area contributed by atoms with Gasteiger partial charge in [0.05, 0.1) is 33.2 Å². The molecule has 5 rings (SSSR count). The lowest BCUT2D eigenvalue weighted by atomic mass is 10.1. The van der Waals surface area contributed by atoms with E-state index in [1.165, 1.54) is 27.6 Å². The zero-order valence-corrected chi connectivity index (χ0v) is 20.3. The first-order chi connectivity index (χ1) is 17.5. The van der Waals surface area contributed by atoms with Crippen LogP contribution in [0.25, 0.3) is 27.5 Å². The van der Waals surface area contributed by atoms with Crippen LogP contribution < -0.4 is 10.9 Å². The third-order valence-corrected chi connectivity index (χ3v) is 6.23. The van der Waals surface area contributed by atoms with E-state index in [1.807, 2.05) is 0 Å². The maximum atomic E-state index is 13.4. The molecule has 1 amide bonds. The molecular weight excluding hydrogens is 507 g/mol. The minimum absolute atomic E-state index is 0.258. The molecule has 0 unspecified atom stereocenters. The predicted molar refractivity (Wildman–Crippen MR) is 134 cm³/mol. The Morgan fingerprint density at radius 2 is 1.78 bits per heavy atom. The topological polar surface area (TPSA) is 81.8 Å². The highest BCUT2D eigenvalue weighted by atomic mass is 35.5. The summed E-state index contributed by atoms with van der Waals surface area (Å²) in [5.41, 5.74) is 0.732. The summed E-state index contributed by atoms with van der Waals surface area (Å²) >= 11 is 5.89. The second kappa shape index (κ2) is 9.04. The number of halogens is 4. The van der Waals surface area contributed by atoms with Crippen LogP contribution in [0.2, 0.25) is 5.02 Å². The third kappa shape index (κ3) is 4.55. The second-order valence-corrected chi connectivity index (χ2v) is 9.02. The van der Waals surface area contributed by atoms with Gasteiger partial charge in [0, 0.05) is 36.1 Å². The molecule has 1 N–H and O–H groups in total. The van der Waals surface area contributed by atoms with Gasteiger partial charge in [-0.15, -0.1) is 0 Å². The van der Waals surface area contributed by atoms with Crippen molar-refractivity contribution in [2.24, 2.45) is 7.05 Å². The van der Waals surface area contributed by atoms with Crippen molar-refractivity contribution >= 4 is 39.3 Å². The van der Waals surface area contributed by atoms with Crippen LogP contribution in [0.15, 0.2) is 71.8 Å². The molecule has 0 aliphatic carbocycles. The Morgan fingerprint density at radius 3 is 2.43 bits per heavy atom. The second-order valence-electron chi connectivity index (χ2n) is 8.58. The minimum Gasteiger partial charge on any atom is -0.344 e. The van der Waals surface area contributed by atoms with Crippen LogP contribution in [0, 0.1) is 0 Å². The summed E-state index contributed by atoms with van der Waals surface area (Å²) in [5, 5.41) is 8.53. The fraction of sp³-hybridized carbons (Fsp3) is 0.154. The van der Waals surface area contributed by atoms with Gasteiger partial charge in [-0.1, -0.05) is 11.6 Å². The van der Waals surface area contributed by atoms with Crippen molar-refractivity contribution in [3.63, 3.8) is 0 Å². The van der Waals surface area contributed by atoms with E-state index < -0.39 is 23.3 Å². The lowest BCUT2D eigenvalue weighted by Crippen LogP contribution is -2.27. The van der Waals surface area contributed by atoms with Crippen molar-refractivity contribution in [1.82, 2.24) is 24.6 Å². The Morgan fingerprint density at radius 1 is 1.05 bits per heavy atom. The van der Waals surface area contributed by atoms with Gasteiger partial charge < -0.3 is 5.32 Å². The Bertz CT molecular complexity index is 1710. The van der Waals surface area contributed by atoms with Gasteiger partial charge >= 0.3 is 6.18 Å². The van der Waals surface area contributed by atoms with Crippen molar-refractivity contribution < 1.29 is 18.0 Å². The SMILES string of the molecule is C[C@@H](NC(=O)c1ccc2c(c1)c1nn(C)cc1c(=O)n2-c1ccc(C(F)(F)F)cc1)c1ccc(Cl)cn1. The number of nitrogens with zero attached hydrogens (tertiary/aromatic N) is 4. The van der Waals surface area contributed by atoms with Crippen molar-refractivity contribution in [2.75, 3.05) is 0 Å². The maximum absolute atomic E-state index is 13.4. The summed E-state index contributed by atoms with van der Waals surface area (Å²) in [5.74, 6) is -0.373. The number of hydrogen-bond donors (Lipinski definition) is 1. The molecule has 188 valence electrons. The van der Waals surface area contributed by atoms with Crippen molar-refractivity contribution in [3.05, 3.63) is 99.2 Å². The van der Waals surface area contributed by atoms with E-state index in [-0.39, 0.29) is 17.0 Å². The molecular formula is C26H19ClF3N5O2. The third-order valence-electron chi connectivity index (χ3n) is 6.01. The molecule has 2 aromatic carbocycles. The normalized spacial score (nSPS) is 12.7. The summed E-state index contributed by atoms with van der Waals surface area (Å²) in [4.78, 5) is 30.7. The zero-order valence-electron chi connectivity index (χ0n) is 19.5. The van der Waals surface area contributed by atoms with Gasteiger partial charge in [-0.05, 0) is 61.5 Å². The number of fused-ring (bicyclic) bond motifs is 3. The summed E-state index contributed by atoms with van der Waals surface area (Å²) in [6, 6.07) is 12.1. The number of rotatable bonds is 4. The number of carbonyl (C=O) groups is 1. The molecule has 0 fully saturated rings. The number of pyridine rings is 2. The van der Waals surface area contributed by atoms with E-state index in [9.17, 15) is 22.8 Å². The Hall–Kier alpha value is -4.18. The first-order valence-electron chi connectivity index (χ1n) is 11.1. The molecule has 0 bridgehead atoms. The fourth-order valence-electron chi connectivity index (χ4n) is 4.19. The largest absolute Gasteiger partial charge is 0.416 e. The van der Waals surface area contributed by atoms with Crippen LogP contribution in [0.4, 0.5) is 13.2 Å². The number of amides is 1. The highest BCUT2D eigenvalue weighted by molar-refractivity contribution is 6.30. The number of carbonyl (C=O) groups excluding carboxylic acids is 1. The average molecular weight is 526 g/mol. The number of hydrogen-bond acceptors (Lipinski definition) is 4. The van der Waals surface area contributed by atoms with Crippen LogP contribution in [0.3, 0.4) is 0 Å². The molecule has 0 aliphatic rings. The first kappa shape index (κ1) is 24.5. The van der Waals surface area contributed by atoms with Gasteiger partial charge in [0.15, 0.2) is 0 Å². The van der Waals surface area contributed by atoms with E-state index in [1.54, 1.807) is 50.5 Å². The number of alkyl halides is 3. The lowest BCUT2D eigenvalue weighted by molar-refractivity contribution is -0.137. The van der Waals surface area contributed by atoms with E-state index in [0.717, 1.165) is 12.1 Å². The van der Waals surface area contributed by atoms with Gasteiger partial charge in [0.25, 0.3) is 11.5 Å². The number of nitrogens with one attached hydrogen (secondary N) is 1. The summed E-state index contributed by atoms with van der Waals surface area (Å²) in [6.45, 7) is 1.79. The van der Waals surface area contributed by atoms with Crippen molar-refractivity contribution in [1.29, 1.82) is 0 Å². The van der Waals surface area contributed by atoms with Crippen molar-refractivity contribution in [3.8, 4) is 5.69 Å². The average Bonchev–Trinajstić information content (AvgIpc) is 3.26. The highest BCUT2D eigenvalue weighted by Gasteiger charge is 2.30. The molecule has 0 radical (unpaired) electrons. The smallest absolute Gasteiger partial charge is 0.344 e. The van der Waals surface area contributed by atoms with Crippen LogP contribution in [0.1, 0.15) is 34.6 Å². The maximum Gasteiger partial charge on any atom is 0.416 e. The summed E-state index contributed by atoms with van der Waals surface area (Å²) < 4.78 is 42.0. The molecule has 3 heterocycles. The van der Waals surface area contributed by atoms with Gasteiger partial charge in [0.1, 0.15) is 5.52 Å². The molecule has 11 heteroatoms. The lowest BCUT2D eigenvalue weighted by Gasteiger charge is -2.15. The summed E-state index contributed by atoms with van der Waals surface area (Å²) in [6.07, 6.45) is -1.47. The Kier molecular flexibility index (Phi) is 5.99. The molecule has 0 aliphatic heterocycles. The standard InChI is InChI=1S/C26H19ClF3N5O2/c1-14(21-9-6-17(27)12-31-21)32-24(36)15-3-10-22-19(11-15)23-20(13-34(2)33-23)25(37)35(22)18-7-4-16(5-8-18)26(28,29)30/h3-14H,1-2H3,(H,32,36)/t14-/m1/s1. The fourth-order valence-corrected chi connectivity index (χ4v) is 4.30. The quantitative estimate of drug-likeness (QED) is 0.339. The van der Waals surface area contributed by atoms with Gasteiger partial charge in [-0.25, -0.2) is 0 Å². The predicted octanol–water partition coefficient (Wildman–Crippen LogP) is 5.44. The molecule has 0 saturated carbocycles. The molecule has 3 aromatic heterocycles. The molecule has 37 heavy (non-hydrogen) atoms. The Balaban J connectivity index is 1.61. The molecule has 1 atom stereocenters. The number of aryl methyl sites for hydroxylation is 1. The van der Waals surface area contributed by atoms with E-state index in [0.29, 0.717) is 32.7 Å². The number of aromatic nitrogens is 4. The van der Waals surface area contributed by atoms with E-state index >= 15 is 0 Å². The highest BCUT2D eigenvalue weighted by Crippen LogP contribution is 2.31. The number of benzene rings is 2. The van der Waals surface area contributed by atoms with Gasteiger partial charge in [-0.2, -0.15) is 18.3 Å². The van der Waals surface area contributed by atoms with Gasteiger partial charge in [0.2, 0.25) is 0 Å². The van der Waals surface area contributed by atoms with Crippen LogP contribution in [-0.2, 0) is 13.2 Å². The van der Waals surface area contributed by atoms with Crippen LogP contribution in [-0.4, -0.2) is 25.2 Å². The molecule has 7 nitrogen and oxygen atoms in total. The van der Waals surface area contributed by atoms with Gasteiger partial charge in [-0.3, -0.25) is 23.8 Å². The van der Waals surface area contributed by atoms with E-state index in [2.05, 4.69) is 15.4 Å². The van der Waals surface area contributed by atoms with Crippen LogP contribution >= 0.6 is 11.6 Å². The zero-order chi connectivity index (χ0) is 26.5. The summed E-state index contributed by atoms with van der Waals surface area (Å²) in [7, 11) is 1.66. The minimum atomic E-state index is -4.50. The molecule has 5 aromatic rings. The van der Waals surface area contributed by atoms with E-state index in [4.69, 9.17) is 11.6 Å². The first-order valence-corrected chi connectivity index (χ1v) is 11.5. The van der Waals surface area contributed by atoms with Crippen LogP contribution in [0.5, 0.6) is 0 Å². The monoisotopic (exact) mass is 525 g/mol. The molecule has 0 spiro atoms.